The Balaban J connectivity index is 1.68. The number of aromatic nitrogens is 2. The molecular weight excluding hydrogens is 378 g/mol. The van der Waals surface area contributed by atoms with Crippen LogP contribution in [0.5, 0.6) is 5.75 Å². The van der Waals surface area contributed by atoms with Crippen LogP contribution in [0.1, 0.15) is 10.5 Å². The molecule has 1 heterocycles. The topological polar surface area (TPSA) is 82.4 Å². The molecule has 0 aliphatic heterocycles. The number of hydrogen-bond donors (Lipinski definition) is 1. The van der Waals surface area contributed by atoms with Crippen molar-refractivity contribution in [3.8, 4) is 11.4 Å². The van der Waals surface area contributed by atoms with Crippen LogP contribution in [0.2, 0.25) is 0 Å². The number of thioether (sulfide) groups is 1. The third-order valence-corrected chi connectivity index (χ3v) is 4.48. The highest BCUT2D eigenvalue weighted by Gasteiger charge is 2.20. The van der Waals surface area contributed by atoms with E-state index in [9.17, 15) is 9.59 Å². The Morgan fingerprint density at radius 1 is 1.14 bits per heavy atom. The first kappa shape index (κ1) is 19.5. The molecule has 0 bridgehead atoms. The van der Waals surface area contributed by atoms with Crippen LogP contribution in [0.3, 0.4) is 0 Å². The number of amides is 1. The van der Waals surface area contributed by atoms with Gasteiger partial charge in [0.1, 0.15) is 5.75 Å². The molecule has 1 aromatic heterocycles. The van der Waals surface area contributed by atoms with Crippen LogP contribution in [0.4, 0.5) is 5.69 Å². The number of imidazole rings is 1. The highest BCUT2D eigenvalue weighted by atomic mass is 32.2. The average molecular weight is 397 g/mol. The number of carbonyl (C=O) groups is 2. The molecule has 3 rings (SSSR count). The second kappa shape index (κ2) is 9.09. The number of nitrogens with zero attached hydrogens (tertiary/aromatic N) is 2. The molecule has 0 unspecified atom stereocenters. The van der Waals surface area contributed by atoms with Gasteiger partial charge in [-0.2, -0.15) is 0 Å². The van der Waals surface area contributed by atoms with Gasteiger partial charge in [-0.3, -0.25) is 9.36 Å². The van der Waals surface area contributed by atoms with Crippen LogP contribution in [0.15, 0.2) is 66.0 Å². The number of para-hydroxylation sites is 1. The van der Waals surface area contributed by atoms with E-state index < -0.39 is 18.5 Å². The van der Waals surface area contributed by atoms with E-state index in [4.69, 9.17) is 9.47 Å². The van der Waals surface area contributed by atoms with E-state index >= 15 is 0 Å². The molecule has 0 spiro atoms. The molecule has 0 aliphatic rings. The Hall–Kier alpha value is -3.26. The summed E-state index contributed by atoms with van der Waals surface area (Å²) in [6.45, 7) is -0.412. The van der Waals surface area contributed by atoms with Crippen molar-refractivity contribution in [2.45, 2.75) is 5.16 Å². The lowest BCUT2D eigenvalue weighted by Crippen LogP contribution is -2.22. The first-order valence-corrected chi connectivity index (χ1v) is 9.63. The Labute approximate surface area is 166 Å². The van der Waals surface area contributed by atoms with Gasteiger partial charge >= 0.3 is 5.97 Å². The third-order valence-electron chi connectivity index (χ3n) is 3.82. The first-order chi connectivity index (χ1) is 13.6. The summed E-state index contributed by atoms with van der Waals surface area (Å²) in [6.07, 6.45) is 3.32. The Morgan fingerprint density at radius 3 is 2.64 bits per heavy atom. The van der Waals surface area contributed by atoms with Gasteiger partial charge in [-0.1, -0.05) is 36.0 Å². The predicted octanol–water partition coefficient (Wildman–Crippen LogP) is 3.40. The molecule has 0 saturated carbocycles. The van der Waals surface area contributed by atoms with Crippen molar-refractivity contribution >= 4 is 29.3 Å². The summed E-state index contributed by atoms with van der Waals surface area (Å²) >= 11 is 1.41. The van der Waals surface area contributed by atoms with E-state index in [0.29, 0.717) is 16.6 Å². The quantitative estimate of drug-likeness (QED) is 0.486. The van der Waals surface area contributed by atoms with Crippen molar-refractivity contribution in [1.82, 2.24) is 9.55 Å². The van der Waals surface area contributed by atoms with E-state index in [1.54, 1.807) is 35.9 Å². The zero-order chi connectivity index (χ0) is 19.9. The SMILES string of the molecule is COc1cccc(NC(=O)COC(=O)c2cnc(SC)n2-c2ccccc2)c1. The lowest BCUT2D eigenvalue weighted by atomic mass is 10.3. The number of rotatable bonds is 7. The van der Waals surface area contributed by atoms with Crippen molar-refractivity contribution in [2.75, 3.05) is 25.3 Å². The first-order valence-electron chi connectivity index (χ1n) is 8.40. The molecule has 3 aromatic rings. The van der Waals surface area contributed by atoms with Crippen molar-refractivity contribution in [3.05, 3.63) is 66.5 Å². The normalized spacial score (nSPS) is 10.4. The number of benzene rings is 2. The highest BCUT2D eigenvalue weighted by molar-refractivity contribution is 7.98. The molecule has 1 N–H and O–H groups in total. The van der Waals surface area contributed by atoms with Crippen molar-refractivity contribution < 1.29 is 19.1 Å². The molecule has 0 radical (unpaired) electrons. The molecule has 1 amide bonds. The fourth-order valence-electron chi connectivity index (χ4n) is 2.55. The fraction of sp³-hybridized carbons (Fsp3) is 0.150. The van der Waals surface area contributed by atoms with E-state index in [1.807, 2.05) is 36.6 Å². The minimum atomic E-state index is -0.627. The van der Waals surface area contributed by atoms with Crippen molar-refractivity contribution in [3.63, 3.8) is 0 Å². The summed E-state index contributed by atoms with van der Waals surface area (Å²) in [5.41, 5.74) is 1.60. The molecular formula is C20H19N3O4S. The van der Waals surface area contributed by atoms with Gasteiger partial charge in [0.05, 0.1) is 13.3 Å². The van der Waals surface area contributed by atoms with Gasteiger partial charge in [-0.25, -0.2) is 9.78 Å². The second-order valence-corrected chi connectivity index (χ2v) is 6.43. The lowest BCUT2D eigenvalue weighted by Gasteiger charge is -2.11. The largest absolute Gasteiger partial charge is 0.497 e. The summed E-state index contributed by atoms with van der Waals surface area (Å²) in [7, 11) is 1.54. The standard InChI is InChI=1S/C20H19N3O4S/c1-26-16-10-6-7-14(11-16)22-18(24)13-27-19(25)17-12-21-20(28-2)23(17)15-8-4-3-5-9-15/h3-12H,13H2,1-2H3,(H,22,24). The number of ether oxygens (including phenoxy) is 2. The van der Waals surface area contributed by atoms with Crippen LogP contribution in [-0.2, 0) is 9.53 Å². The smallest absolute Gasteiger partial charge is 0.357 e. The summed E-state index contributed by atoms with van der Waals surface area (Å²) < 4.78 is 12.0. The van der Waals surface area contributed by atoms with Gasteiger partial charge in [0, 0.05) is 17.4 Å². The molecule has 7 nitrogen and oxygen atoms in total. The minimum absolute atomic E-state index is 0.254. The Morgan fingerprint density at radius 2 is 1.93 bits per heavy atom. The molecule has 0 fully saturated rings. The van der Waals surface area contributed by atoms with Gasteiger partial charge in [0.25, 0.3) is 5.91 Å². The van der Waals surface area contributed by atoms with Crippen LogP contribution in [0.25, 0.3) is 5.69 Å². The van der Waals surface area contributed by atoms with E-state index in [-0.39, 0.29) is 5.69 Å². The average Bonchev–Trinajstić information content (AvgIpc) is 3.17. The van der Waals surface area contributed by atoms with Crippen molar-refractivity contribution in [1.29, 1.82) is 0 Å². The van der Waals surface area contributed by atoms with E-state index in [2.05, 4.69) is 10.3 Å². The number of carbonyl (C=O) groups excluding carboxylic acids is 2. The molecule has 144 valence electrons. The maximum atomic E-state index is 12.5. The van der Waals surface area contributed by atoms with Gasteiger partial charge in [0.15, 0.2) is 17.5 Å². The van der Waals surface area contributed by atoms with Gasteiger partial charge in [-0.05, 0) is 30.5 Å². The predicted molar refractivity (Wildman–Crippen MR) is 107 cm³/mol. The van der Waals surface area contributed by atoms with Crippen LogP contribution in [-0.4, -0.2) is 41.4 Å². The Kier molecular flexibility index (Phi) is 6.33. The lowest BCUT2D eigenvalue weighted by molar-refractivity contribution is -0.119. The minimum Gasteiger partial charge on any atom is -0.497 e. The van der Waals surface area contributed by atoms with Crippen LogP contribution < -0.4 is 10.1 Å². The maximum Gasteiger partial charge on any atom is 0.357 e. The summed E-state index contributed by atoms with van der Waals surface area (Å²) in [5, 5.41) is 3.32. The van der Waals surface area contributed by atoms with Crippen LogP contribution >= 0.6 is 11.8 Å². The second-order valence-electron chi connectivity index (χ2n) is 5.66. The maximum absolute atomic E-state index is 12.5. The Bertz CT molecular complexity index is 973. The summed E-state index contributed by atoms with van der Waals surface area (Å²) in [6, 6.07) is 16.3. The van der Waals surface area contributed by atoms with Gasteiger partial charge in [0.2, 0.25) is 0 Å². The molecule has 8 heteroatoms. The monoisotopic (exact) mass is 397 g/mol. The summed E-state index contributed by atoms with van der Waals surface area (Å²) in [4.78, 5) is 28.9. The van der Waals surface area contributed by atoms with Gasteiger partial charge in [-0.15, -0.1) is 0 Å². The fourth-order valence-corrected chi connectivity index (χ4v) is 3.10. The number of nitrogens with one attached hydrogen (secondary N) is 1. The zero-order valence-corrected chi connectivity index (χ0v) is 16.2. The number of anilines is 1. The zero-order valence-electron chi connectivity index (χ0n) is 15.4. The van der Waals surface area contributed by atoms with E-state index in [1.165, 1.54) is 18.0 Å². The van der Waals surface area contributed by atoms with Gasteiger partial charge < -0.3 is 14.8 Å². The molecule has 0 aliphatic carbocycles. The van der Waals surface area contributed by atoms with Crippen molar-refractivity contribution in [2.24, 2.45) is 0 Å². The number of esters is 1. The molecule has 28 heavy (non-hydrogen) atoms. The molecule has 2 aromatic carbocycles. The number of hydrogen-bond acceptors (Lipinski definition) is 6. The van der Waals surface area contributed by atoms with E-state index in [0.717, 1.165) is 5.69 Å². The number of methoxy groups -OCH3 is 1. The van der Waals surface area contributed by atoms with Crippen LogP contribution in [0, 0.1) is 0 Å². The third kappa shape index (κ3) is 4.52. The molecule has 0 atom stereocenters. The summed E-state index contributed by atoms with van der Waals surface area (Å²) in [5.74, 6) is -0.457. The highest BCUT2D eigenvalue weighted by Crippen LogP contribution is 2.22. The molecule has 0 saturated heterocycles.